The summed E-state index contributed by atoms with van der Waals surface area (Å²) in [5.41, 5.74) is 1.85. The van der Waals surface area contributed by atoms with E-state index in [0.29, 0.717) is 0 Å². The maximum absolute atomic E-state index is 13.3. The summed E-state index contributed by atoms with van der Waals surface area (Å²) in [5.74, 6) is -0.121. The van der Waals surface area contributed by atoms with Crippen LogP contribution in [0.4, 0.5) is 10.1 Å². The Balaban J connectivity index is 2.19. The molecule has 0 fully saturated rings. The maximum atomic E-state index is 13.3. The molecule has 0 spiro atoms. The quantitative estimate of drug-likeness (QED) is 0.916. The van der Waals surface area contributed by atoms with Gasteiger partial charge in [-0.1, -0.05) is 0 Å². The third-order valence-electron chi connectivity index (χ3n) is 2.88. The van der Waals surface area contributed by atoms with E-state index < -0.39 is 0 Å². The van der Waals surface area contributed by atoms with Gasteiger partial charge in [-0.05, 0) is 32.9 Å². The van der Waals surface area contributed by atoms with E-state index in [-0.39, 0.29) is 17.6 Å². The molecule has 5 heteroatoms. The van der Waals surface area contributed by atoms with Gasteiger partial charge in [0.25, 0.3) is 0 Å². The lowest BCUT2D eigenvalue weighted by molar-refractivity contribution is 0.387. The second-order valence-corrected chi connectivity index (χ2v) is 5.80. The van der Waals surface area contributed by atoms with E-state index in [0.717, 1.165) is 16.4 Å². The van der Waals surface area contributed by atoms with Crippen LogP contribution in [0.25, 0.3) is 0 Å². The molecule has 0 aliphatic heterocycles. The highest BCUT2D eigenvalue weighted by atomic mass is 32.1. The third kappa shape index (κ3) is 3.04. The molecule has 0 aliphatic carbocycles. The predicted molar refractivity (Wildman–Crippen MR) is 76.6 cm³/mol. The van der Waals surface area contributed by atoms with Crippen molar-refractivity contribution < 1.29 is 9.13 Å². The van der Waals surface area contributed by atoms with Crippen LogP contribution in [-0.4, -0.2) is 12.1 Å². The standard InChI is InChI=1S/C14H17FN2OS/c1-8(14-9(2)19-10(3)17-14)16-11-5-6-12(15)13(7-11)18-4/h5-8,16H,1-4H3. The number of aromatic nitrogens is 1. The molecular formula is C14H17FN2OS. The molecule has 1 N–H and O–H groups in total. The summed E-state index contributed by atoms with van der Waals surface area (Å²) in [5, 5.41) is 4.37. The van der Waals surface area contributed by atoms with Crippen LogP contribution >= 0.6 is 11.3 Å². The van der Waals surface area contributed by atoms with E-state index in [1.54, 1.807) is 23.5 Å². The Hall–Kier alpha value is -1.62. The van der Waals surface area contributed by atoms with Crippen LogP contribution in [0, 0.1) is 19.7 Å². The number of nitrogens with zero attached hydrogens (tertiary/aromatic N) is 1. The predicted octanol–water partition coefficient (Wildman–Crippen LogP) is 4.08. The average molecular weight is 280 g/mol. The van der Waals surface area contributed by atoms with Crippen LogP contribution in [0.3, 0.4) is 0 Å². The maximum Gasteiger partial charge on any atom is 0.165 e. The number of nitrogens with one attached hydrogen (secondary N) is 1. The van der Waals surface area contributed by atoms with Gasteiger partial charge in [-0.25, -0.2) is 9.37 Å². The number of benzene rings is 1. The van der Waals surface area contributed by atoms with Crippen LogP contribution in [0.2, 0.25) is 0 Å². The Kier molecular flexibility index (Phi) is 4.04. The molecule has 1 heterocycles. The highest BCUT2D eigenvalue weighted by Crippen LogP contribution is 2.27. The van der Waals surface area contributed by atoms with Crippen molar-refractivity contribution in [1.29, 1.82) is 0 Å². The number of anilines is 1. The molecule has 102 valence electrons. The van der Waals surface area contributed by atoms with Gasteiger partial charge in [-0.2, -0.15) is 0 Å². The second kappa shape index (κ2) is 5.57. The van der Waals surface area contributed by atoms with Gasteiger partial charge in [-0.15, -0.1) is 11.3 Å². The highest BCUT2D eigenvalue weighted by Gasteiger charge is 2.13. The van der Waals surface area contributed by atoms with Gasteiger partial charge >= 0.3 is 0 Å². The van der Waals surface area contributed by atoms with Crippen molar-refractivity contribution in [1.82, 2.24) is 4.98 Å². The SMILES string of the molecule is COc1cc(NC(C)c2nc(C)sc2C)ccc1F. The Labute approximate surface area is 116 Å². The fraction of sp³-hybridized carbons (Fsp3) is 0.357. The molecule has 0 aliphatic rings. The van der Waals surface area contributed by atoms with Crippen molar-refractivity contribution in [2.45, 2.75) is 26.8 Å². The first kappa shape index (κ1) is 13.8. The zero-order valence-electron chi connectivity index (χ0n) is 11.5. The fourth-order valence-corrected chi connectivity index (χ4v) is 2.93. The summed E-state index contributed by atoms with van der Waals surface area (Å²) in [6.45, 7) is 6.09. The summed E-state index contributed by atoms with van der Waals surface area (Å²) in [7, 11) is 1.46. The van der Waals surface area contributed by atoms with Gasteiger partial charge in [-0.3, -0.25) is 0 Å². The van der Waals surface area contributed by atoms with Crippen molar-refractivity contribution in [3.63, 3.8) is 0 Å². The molecule has 1 aromatic heterocycles. The Bertz CT molecular complexity index is 583. The number of halogens is 1. The molecule has 0 saturated heterocycles. The number of thiazole rings is 1. The molecular weight excluding hydrogens is 263 g/mol. The third-order valence-corrected chi connectivity index (χ3v) is 3.79. The van der Waals surface area contributed by atoms with Crippen LogP contribution in [0.5, 0.6) is 5.75 Å². The first-order chi connectivity index (χ1) is 9.01. The summed E-state index contributed by atoms with van der Waals surface area (Å²) in [4.78, 5) is 5.72. The van der Waals surface area contributed by atoms with Crippen LogP contribution < -0.4 is 10.1 Å². The number of rotatable bonds is 4. The molecule has 0 saturated carbocycles. The first-order valence-corrected chi connectivity index (χ1v) is 6.87. The van der Waals surface area contributed by atoms with Crippen LogP contribution in [0.1, 0.15) is 28.5 Å². The van der Waals surface area contributed by atoms with Gasteiger partial charge in [0.05, 0.1) is 23.9 Å². The topological polar surface area (TPSA) is 34.1 Å². The second-order valence-electron chi connectivity index (χ2n) is 4.39. The van der Waals surface area contributed by atoms with E-state index >= 15 is 0 Å². The summed E-state index contributed by atoms with van der Waals surface area (Å²) in [6, 6.07) is 4.82. The molecule has 1 unspecified atom stereocenters. The highest BCUT2D eigenvalue weighted by molar-refractivity contribution is 7.11. The summed E-state index contributed by atoms with van der Waals surface area (Å²) < 4.78 is 18.3. The Morgan fingerprint density at radius 2 is 2.11 bits per heavy atom. The monoisotopic (exact) mass is 280 g/mol. The van der Waals surface area contributed by atoms with E-state index in [1.165, 1.54) is 18.1 Å². The largest absolute Gasteiger partial charge is 0.494 e. The molecule has 2 aromatic rings. The van der Waals surface area contributed by atoms with Crippen LogP contribution in [0.15, 0.2) is 18.2 Å². The van der Waals surface area contributed by atoms with Crippen molar-refractivity contribution >= 4 is 17.0 Å². The van der Waals surface area contributed by atoms with Crippen molar-refractivity contribution in [3.8, 4) is 5.75 Å². The zero-order chi connectivity index (χ0) is 14.0. The normalized spacial score (nSPS) is 12.3. The fourth-order valence-electron chi connectivity index (χ4n) is 2.01. The minimum absolute atomic E-state index is 0.0696. The molecule has 3 nitrogen and oxygen atoms in total. The zero-order valence-corrected chi connectivity index (χ0v) is 12.3. The van der Waals surface area contributed by atoms with Gasteiger partial charge in [0.2, 0.25) is 0 Å². The summed E-state index contributed by atoms with van der Waals surface area (Å²) in [6.07, 6.45) is 0. The first-order valence-electron chi connectivity index (χ1n) is 6.05. The average Bonchev–Trinajstić information content (AvgIpc) is 2.71. The Morgan fingerprint density at radius 3 is 2.68 bits per heavy atom. The number of aryl methyl sites for hydroxylation is 2. The lowest BCUT2D eigenvalue weighted by Gasteiger charge is -2.15. The number of hydrogen-bond acceptors (Lipinski definition) is 4. The molecule has 19 heavy (non-hydrogen) atoms. The Morgan fingerprint density at radius 1 is 1.37 bits per heavy atom. The van der Waals surface area contributed by atoms with E-state index in [4.69, 9.17) is 4.74 Å². The minimum Gasteiger partial charge on any atom is -0.494 e. The van der Waals surface area contributed by atoms with Gasteiger partial charge in [0, 0.05) is 16.6 Å². The molecule has 2 rings (SSSR count). The summed E-state index contributed by atoms with van der Waals surface area (Å²) >= 11 is 1.68. The van der Waals surface area contributed by atoms with E-state index in [9.17, 15) is 4.39 Å². The lowest BCUT2D eigenvalue weighted by atomic mass is 10.2. The molecule has 0 radical (unpaired) electrons. The molecule has 1 aromatic carbocycles. The number of ether oxygens (including phenoxy) is 1. The van der Waals surface area contributed by atoms with Gasteiger partial charge < -0.3 is 10.1 Å². The van der Waals surface area contributed by atoms with Gasteiger partial charge in [0.15, 0.2) is 11.6 Å². The van der Waals surface area contributed by atoms with Gasteiger partial charge in [0.1, 0.15) is 0 Å². The lowest BCUT2D eigenvalue weighted by Crippen LogP contribution is -2.08. The number of hydrogen-bond donors (Lipinski definition) is 1. The van der Waals surface area contributed by atoms with E-state index in [2.05, 4.69) is 17.2 Å². The van der Waals surface area contributed by atoms with Crippen molar-refractivity contribution in [2.75, 3.05) is 12.4 Å². The smallest absolute Gasteiger partial charge is 0.165 e. The number of methoxy groups -OCH3 is 1. The van der Waals surface area contributed by atoms with Crippen molar-refractivity contribution in [3.05, 3.63) is 39.6 Å². The minimum atomic E-state index is -0.360. The van der Waals surface area contributed by atoms with E-state index in [1.807, 2.05) is 13.8 Å². The van der Waals surface area contributed by atoms with Crippen molar-refractivity contribution in [2.24, 2.45) is 0 Å². The molecule has 0 amide bonds. The van der Waals surface area contributed by atoms with Crippen LogP contribution in [-0.2, 0) is 0 Å². The molecule has 1 atom stereocenters. The molecule has 0 bridgehead atoms.